The first-order valence-corrected chi connectivity index (χ1v) is 5.76. The molecule has 0 fully saturated rings. The minimum Gasteiger partial charge on any atom is -0.348 e. The van der Waals surface area contributed by atoms with Gasteiger partial charge in [0, 0.05) is 31.0 Å². The van der Waals surface area contributed by atoms with Crippen LogP contribution in [-0.2, 0) is 13.1 Å². The number of nitrogens with one attached hydrogen (secondary N) is 1. The van der Waals surface area contributed by atoms with Crippen molar-refractivity contribution in [2.24, 2.45) is 5.73 Å². The molecule has 0 saturated carbocycles. The third kappa shape index (κ3) is 2.93. The van der Waals surface area contributed by atoms with Gasteiger partial charge >= 0.3 is 0 Å². The van der Waals surface area contributed by atoms with E-state index in [1.807, 2.05) is 30.3 Å². The Labute approximate surface area is 106 Å². The summed E-state index contributed by atoms with van der Waals surface area (Å²) in [6.45, 7) is 0.821. The highest BCUT2D eigenvalue weighted by molar-refractivity contribution is 5.95. The number of aromatic nitrogens is 1. The molecule has 2 rings (SSSR count). The molecule has 0 aliphatic rings. The lowest BCUT2D eigenvalue weighted by atomic mass is 10.1. The van der Waals surface area contributed by atoms with Crippen LogP contribution < -0.4 is 11.1 Å². The first kappa shape index (κ1) is 12.3. The third-order valence-corrected chi connectivity index (χ3v) is 2.66. The second-order valence-corrected chi connectivity index (χ2v) is 3.91. The van der Waals surface area contributed by atoms with Crippen LogP contribution in [0.1, 0.15) is 21.5 Å². The van der Waals surface area contributed by atoms with Gasteiger partial charge in [-0.05, 0) is 23.3 Å². The maximum atomic E-state index is 12.0. The van der Waals surface area contributed by atoms with E-state index in [9.17, 15) is 4.79 Å². The Morgan fingerprint density at radius 1 is 1.22 bits per heavy atom. The molecule has 0 radical (unpaired) electrons. The summed E-state index contributed by atoms with van der Waals surface area (Å²) in [5.41, 5.74) is 8.05. The molecule has 0 aliphatic carbocycles. The minimum atomic E-state index is -0.111. The van der Waals surface area contributed by atoms with Crippen molar-refractivity contribution in [1.29, 1.82) is 0 Å². The van der Waals surface area contributed by atoms with Crippen molar-refractivity contribution in [1.82, 2.24) is 10.3 Å². The van der Waals surface area contributed by atoms with Crippen LogP contribution in [0.4, 0.5) is 0 Å². The summed E-state index contributed by atoms with van der Waals surface area (Å²) < 4.78 is 0. The van der Waals surface area contributed by atoms with E-state index in [4.69, 9.17) is 5.73 Å². The van der Waals surface area contributed by atoms with Gasteiger partial charge in [0.25, 0.3) is 5.91 Å². The summed E-state index contributed by atoms with van der Waals surface area (Å²) in [7, 11) is 0. The van der Waals surface area contributed by atoms with Crippen molar-refractivity contribution in [3.05, 3.63) is 65.5 Å². The predicted molar refractivity (Wildman–Crippen MR) is 69.7 cm³/mol. The number of carbonyl (C=O) groups excluding carboxylic acids is 1. The van der Waals surface area contributed by atoms with Crippen LogP contribution in [0.25, 0.3) is 0 Å². The second-order valence-electron chi connectivity index (χ2n) is 3.91. The maximum absolute atomic E-state index is 12.0. The minimum absolute atomic E-state index is 0.111. The van der Waals surface area contributed by atoms with Gasteiger partial charge in [0.05, 0.1) is 0 Å². The van der Waals surface area contributed by atoms with E-state index in [0.29, 0.717) is 18.7 Å². The van der Waals surface area contributed by atoms with E-state index in [1.54, 1.807) is 18.5 Å². The Morgan fingerprint density at radius 2 is 2.06 bits per heavy atom. The summed E-state index contributed by atoms with van der Waals surface area (Å²) in [4.78, 5) is 16.0. The molecule has 92 valence electrons. The van der Waals surface area contributed by atoms with Gasteiger partial charge < -0.3 is 11.1 Å². The number of carbonyl (C=O) groups is 1. The van der Waals surface area contributed by atoms with Crippen molar-refractivity contribution in [2.75, 3.05) is 0 Å². The van der Waals surface area contributed by atoms with Crippen LogP contribution >= 0.6 is 0 Å². The molecule has 18 heavy (non-hydrogen) atoms. The Hall–Kier alpha value is -2.20. The first-order valence-electron chi connectivity index (χ1n) is 5.76. The van der Waals surface area contributed by atoms with Gasteiger partial charge in [-0.3, -0.25) is 9.78 Å². The van der Waals surface area contributed by atoms with Gasteiger partial charge in [-0.25, -0.2) is 0 Å². The number of benzene rings is 1. The largest absolute Gasteiger partial charge is 0.348 e. The monoisotopic (exact) mass is 241 g/mol. The zero-order chi connectivity index (χ0) is 12.8. The number of pyridine rings is 1. The van der Waals surface area contributed by atoms with Crippen molar-refractivity contribution in [3.63, 3.8) is 0 Å². The van der Waals surface area contributed by atoms with Crippen molar-refractivity contribution < 1.29 is 4.79 Å². The van der Waals surface area contributed by atoms with E-state index >= 15 is 0 Å². The number of nitrogens with zero attached hydrogens (tertiary/aromatic N) is 1. The molecule has 0 saturated heterocycles. The molecule has 1 aromatic carbocycles. The Morgan fingerprint density at radius 3 is 2.78 bits per heavy atom. The Bertz CT molecular complexity index is 526. The van der Waals surface area contributed by atoms with Crippen molar-refractivity contribution in [3.8, 4) is 0 Å². The molecular weight excluding hydrogens is 226 g/mol. The molecule has 0 unspecified atom stereocenters. The smallest absolute Gasteiger partial charge is 0.251 e. The molecule has 4 nitrogen and oxygen atoms in total. The molecule has 2 aromatic rings. The van der Waals surface area contributed by atoms with Gasteiger partial charge in [0.2, 0.25) is 0 Å². The Balaban J connectivity index is 2.04. The zero-order valence-corrected chi connectivity index (χ0v) is 9.97. The molecule has 0 bridgehead atoms. The fourth-order valence-corrected chi connectivity index (χ4v) is 1.70. The lowest BCUT2D eigenvalue weighted by Gasteiger charge is -2.08. The van der Waals surface area contributed by atoms with Gasteiger partial charge in [-0.15, -0.1) is 0 Å². The van der Waals surface area contributed by atoms with E-state index in [0.717, 1.165) is 11.1 Å². The van der Waals surface area contributed by atoms with Crippen LogP contribution in [0, 0.1) is 0 Å². The average Bonchev–Trinajstić information content (AvgIpc) is 2.45. The van der Waals surface area contributed by atoms with Gasteiger partial charge in [0.1, 0.15) is 0 Å². The summed E-state index contributed by atoms with van der Waals surface area (Å²) in [5.74, 6) is -0.111. The molecule has 3 N–H and O–H groups in total. The molecular formula is C14H15N3O. The normalized spacial score (nSPS) is 10.1. The number of amides is 1. The number of rotatable bonds is 4. The molecule has 1 heterocycles. The summed E-state index contributed by atoms with van der Waals surface area (Å²) in [6.07, 6.45) is 3.43. The third-order valence-electron chi connectivity index (χ3n) is 2.66. The van der Waals surface area contributed by atoms with E-state index in [1.165, 1.54) is 0 Å². The van der Waals surface area contributed by atoms with E-state index < -0.39 is 0 Å². The van der Waals surface area contributed by atoms with Crippen molar-refractivity contribution >= 4 is 5.91 Å². The highest BCUT2D eigenvalue weighted by Gasteiger charge is 2.08. The first-order chi connectivity index (χ1) is 8.81. The van der Waals surface area contributed by atoms with Crippen LogP contribution in [0.15, 0.2) is 48.8 Å². The topological polar surface area (TPSA) is 68.0 Å². The zero-order valence-electron chi connectivity index (χ0n) is 9.97. The van der Waals surface area contributed by atoms with E-state index in [-0.39, 0.29) is 5.91 Å². The SMILES string of the molecule is NCc1ccccc1C(=O)NCc1cccnc1. The van der Waals surface area contributed by atoms with Crippen molar-refractivity contribution in [2.45, 2.75) is 13.1 Å². The van der Waals surface area contributed by atoms with Gasteiger partial charge in [-0.2, -0.15) is 0 Å². The Kier molecular flexibility index (Phi) is 4.04. The second kappa shape index (κ2) is 5.93. The average molecular weight is 241 g/mol. The van der Waals surface area contributed by atoms with E-state index in [2.05, 4.69) is 10.3 Å². The highest BCUT2D eigenvalue weighted by Crippen LogP contribution is 2.08. The van der Waals surface area contributed by atoms with Gasteiger partial charge in [-0.1, -0.05) is 24.3 Å². The molecule has 4 heteroatoms. The standard InChI is InChI=1S/C14H15N3O/c15-8-12-5-1-2-6-13(12)14(18)17-10-11-4-3-7-16-9-11/h1-7,9H,8,10,15H2,(H,17,18). The number of nitrogens with two attached hydrogens (primary N) is 1. The molecule has 0 aliphatic heterocycles. The lowest BCUT2D eigenvalue weighted by Crippen LogP contribution is -2.24. The lowest BCUT2D eigenvalue weighted by molar-refractivity contribution is 0.0950. The van der Waals surface area contributed by atoms with Crippen LogP contribution in [0.2, 0.25) is 0 Å². The summed E-state index contributed by atoms with van der Waals surface area (Å²) in [5, 5.41) is 2.86. The van der Waals surface area contributed by atoms with Crippen LogP contribution in [0.5, 0.6) is 0 Å². The molecule has 1 aromatic heterocycles. The summed E-state index contributed by atoms with van der Waals surface area (Å²) >= 11 is 0. The van der Waals surface area contributed by atoms with Crippen LogP contribution in [0.3, 0.4) is 0 Å². The van der Waals surface area contributed by atoms with Gasteiger partial charge in [0.15, 0.2) is 0 Å². The molecule has 1 amide bonds. The fraction of sp³-hybridized carbons (Fsp3) is 0.143. The van der Waals surface area contributed by atoms with Crippen LogP contribution in [-0.4, -0.2) is 10.9 Å². The predicted octanol–water partition coefficient (Wildman–Crippen LogP) is 1.47. The fourth-order valence-electron chi connectivity index (χ4n) is 1.70. The molecule has 0 spiro atoms. The quantitative estimate of drug-likeness (QED) is 0.851. The molecule has 0 atom stereocenters. The number of hydrogen-bond donors (Lipinski definition) is 2. The highest BCUT2D eigenvalue weighted by atomic mass is 16.1. The number of hydrogen-bond acceptors (Lipinski definition) is 3. The maximum Gasteiger partial charge on any atom is 0.251 e. The summed E-state index contributed by atoms with van der Waals surface area (Å²) in [6, 6.07) is 11.1.